The summed E-state index contributed by atoms with van der Waals surface area (Å²) < 4.78 is 10.6. The predicted octanol–water partition coefficient (Wildman–Crippen LogP) is 5.48. The summed E-state index contributed by atoms with van der Waals surface area (Å²) in [6.07, 6.45) is 0.706. The normalized spacial score (nSPS) is 12.3. The molecule has 5 nitrogen and oxygen atoms in total. The van der Waals surface area contributed by atoms with Crippen LogP contribution in [-0.4, -0.2) is 36.2 Å². The molecular weight excluding hydrogens is 366 g/mol. The van der Waals surface area contributed by atoms with E-state index in [2.05, 4.69) is 30.3 Å². The Morgan fingerprint density at radius 3 is 2.31 bits per heavy atom. The molecule has 0 fully saturated rings. The zero-order valence-corrected chi connectivity index (χ0v) is 18.2. The van der Waals surface area contributed by atoms with E-state index in [9.17, 15) is 9.59 Å². The van der Waals surface area contributed by atoms with Crippen LogP contribution >= 0.6 is 0 Å². The standard InChI is InChI=1S/C24H31NO4/c1-7-28-22(26)17(2)21(25(6)23(27)29-24(3,4)5)15-13-18-12-14-19-10-8-9-11-20(19)16-18/h8-12,14,16H,7,13,15H2,1-6H3/b21-17+. The molecule has 0 radical (unpaired) electrons. The number of amides is 1. The van der Waals surface area contributed by atoms with Crippen LogP contribution in [0.1, 0.15) is 46.6 Å². The second-order valence-corrected chi connectivity index (χ2v) is 8.01. The number of esters is 1. The van der Waals surface area contributed by atoms with Crippen LogP contribution in [0.5, 0.6) is 0 Å². The monoisotopic (exact) mass is 397 g/mol. The summed E-state index contributed by atoms with van der Waals surface area (Å²) >= 11 is 0. The highest BCUT2D eigenvalue weighted by Gasteiger charge is 2.25. The molecule has 0 saturated carbocycles. The highest BCUT2D eigenvalue weighted by atomic mass is 16.6. The van der Waals surface area contributed by atoms with E-state index in [-0.39, 0.29) is 6.61 Å². The first-order valence-electron chi connectivity index (χ1n) is 9.93. The van der Waals surface area contributed by atoms with E-state index in [1.807, 2.05) is 32.9 Å². The molecule has 0 heterocycles. The Labute approximate surface area is 173 Å². The molecule has 2 rings (SSSR count). The van der Waals surface area contributed by atoms with Crippen molar-refractivity contribution in [2.24, 2.45) is 0 Å². The Bertz CT molecular complexity index is 908. The van der Waals surface area contributed by atoms with Gasteiger partial charge in [-0.3, -0.25) is 4.90 Å². The summed E-state index contributed by atoms with van der Waals surface area (Å²) in [5, 5.41) is 2.35. The Hall–Kier alpha value is -2.82. The Kier molecular flexibility index (Phi) is 7.43. The number of allylic oxidation sites excluding steroid dienone is 1. The smallest absolute Gasteiger partial charge is 0.414 e. The Morgan fingerprint density at radius 2 is 1.69 bits per heavy atom. The number of aryl methyl sites for hydroxylation is 1. The van der Waals surface area contributed by atoms with Gasteiger partial charge < -0.3 is 9.47 Å². The average Bonchev–Trinajstić information content (AvgIpc) is 2.66. The van der Waals surface area contributed by atoms with E-state index in [0.717, 1.165) is 10.9 Å². The predicted molar refractivity (Wildman–Crippen MR) is 116 cm³/mol. The van der Waals surface area contributed by atoms with Crippen molar-refractivity contribution >= 4 is 22.8 Å². The molecule has 156 valence electrons. The van der Waals surface area contributed by atoms with Crippen LogP contribution in [-0.2, 0) is 20.7 Å². The quantitative estimate of drug-likeness (QED) is 0.479. The third kappa shape index (κ3) is 6.34. The van der Waals surface area contributed by atoms with E-state index < -0.39 is 17.7 Å². The van der Waals surface area contributed by atoms with Gasteiger partial charge in [0.05, 0.1) is 12.2 Å². The number of nitrogens with zero attached hydrogens (tertiary/aromatic N) is 1. The number of benzene rings is 2. The molecule has 5 heteroatoms. The maximum Gasteiger partial charge on any atom is 0.414 e. The molecule has 2 aromatic rings. The van der Waals surface area contributed by atoms with Crippen LogP contribution in [0, 0.1) is 0 Å². The van der Waals surface area contributed by atoms with Crippen molar-refractivity contribution in [1.82, 2.24) is 4.90 Å². The zero-order valence-electron chi connectivity index (χ0n) is 18.2. The number of ether oxygens (including phenoxy) is 2. The largest absolute Gasteiger partial charge is 0.463 e. The SMILES string of the molecule is CCOC(=O)/C(C)=C(\CCc1ccc2ccccc2c1)N(C)C(=O)OC(C)(C)C. The Morgan fingerprint density at radius 1 is 1.03 bits per heavy atom. The topological polar surface area (TPSA) is 55.8 Å². The zero-order chi connectivity index (χ0) is 21.6. The Balaban J connectivity index is 2.27. The number of rotatable bonds is 6. The van der Waals surface area contributed by atoms with Crippen LogP contribution in [0.15, 0.2) is 53.7 Å². The molecule has 1 amide bonds. The van der Waals surface area contributed by atoms with Gasteiger partial charge in [-0.05, 0) is 63.8 Å². The van der Waals surface area contributed by atoms with Crippen molar-refractivity contribution in [2.45, 2.75) is 53.1 Å². The van der Waals surface area contributed by atoms with Crippen LogP contribution in [0.2, 0.25) is 0 Å². The minimum atomic E-state index is -0.618. The molecule has 0 aliphatic rings. The highest BCUT2D eigenvalue weighted by Crippen LogP contribution is 2.22. The molecule has 29 heavy (non-hydrogen) atoms. The lowest BCUT2D eigenvalue weighted by Crippen LogP contribution is -2.35. The summed E-state index contributed by atoms with van der Waals surface area (Å²) in [6.45, 7) is 9.18. The van der Waals surface area contributed by atoms with Gasteiger partial charge in [0.2, 0.25) is 0 Å². The average molecular weight is 398 g/mol. The summed E-state index contributed by atoms with van der Waals surface area (Å²) in [4.78, 5) is 26.3. The van der Waals surface area contributed by atoms with Crippen molar-refractivity contribution < 1.29 is 19.1 Å². The van der Waals surface area contributed by atoms with Crippen molar-refractivity contribution in [3.8, 4) is 0 Å². The lowest BCUT2D eigenvalue weighted by Gasteiger charge is -2.27. The first kappa shape index (κ1) is 22.5. The van der Waals surface area contributed by atoms with Gasteiger partial charge in [0.25, 0.3) is 0 Å². The molecule has 0 unspecified atom stereocenters. The number of hydrogen-bond donors (Lipinski definition) is 0. The first-order valence-corrected chi connectivity index (χ1v) is 9.93. The fraction of sp³-hybridized carbons (Fsp3) is 0.417. The van der Waals surface area contributed by atoms with Crippen LogP contribution < -0.4 is 0 Å². The van der Waals surface area contributed by atoms with Gasteiger partial charge >= 0.3 is 12.1 Å². The molecule has 0 spiro atoms. The van der Waals surface area contributed by atoms with Crippen LogP contribution in [0.4, 0.5) is 4.79 Å². The van der Waals surface area contributed by atoms with Crippen molar-refractivity contribution in [3.63, 3.8) is 0 Å². The van der Waals surface area contributed by atoms with Gasteiger partial charge in [-0.25, -0.2) is 9.59 Å². The lowest BCUT2D eigenvalue weighted by atomic mass is 10.0. The minimum Gasteiger partial charge on any atom is -0.463 e. The van der Waals surface area contributed by atoms with E-state index in [1.165, 1.54) is 10.3 Å². The van der Waals surface area contributed by atoms with E-state index in [1.54, 1.807) is 20.9 Å². The van der Waals surface area contributed by atoms with Gasteiger partial charge in [0, 0.05) is 12.7 Å². The van der Waals surface area contributed by atoms with Gasteiger partial charge in [-0.15, -0.1) is 0 Å². The van der Waals surface area contributed by atoms with Crippen LogP contribution in [0.25, 0.3) is 10.8 Å². The molecule has 0 aromatic heterocycles. The van der Waals surface area contributed by atoms with Crippen molar-refractivity contribution in [1.29, 1.82) is 0 Å². The summed E-state index contributed by atoms with van der Waals surface area (Å²) in [7, 11) is 1.63. The van der Waals surface area contributed by atoms with E-state index in [4.69, 9.17) is 9.47 Å². The van der Waals surface area contributed by atoms with Crippen LogP contribution in [0.3, 0.4) is 0 Å². The number of carbonyl (C=O) groups is 2. The van der Waals surface area contributed by atoms with E-state index in [0.29, 0.717) is 24.1 Å². The lowest BCUT2D eigenvalue weighted by molar-refractivity contribution is -0.138. The van der Waals surface area contributed by atoms with Gasteiger partial charge in [-0.1, -0.05) is 42.5 Å². The second kappa shape index (κ2) is 9.59. The first-order chi connectivity index (χ1) is 13.6. The summed E-state index contributed by atoms with van der Waals surface area (Å²) in [6, 6.07) is 14.5. The number of fused-ring (bicyclic) bond motifs is 1. The fourth-order valence-corrected chi connectivity index (χ4v) is 3.06. The third-order valence-electron chi connectivity index (χ3n) is 4.55. The maximum absolute atomic E-state index is 12.6. The molecule has 0 N–H and O–H groups in total. The van der Waals surface area contributed by atoms with Gasteiger partial charge in [-0.2, -0.15) is 0 Å². The molecule has 0 atom stereocenters. The second-order valence-electron chi connectivity index (χ2n) is 8.01. The highest BCUT2D eigenvalue weighted by molar-refractivity contribution is 5.89. The molecule has 0 bridgehead atoms. The van der Waals surface area contributed by atoms with Gasteiger partial charge in [0.15, 0.2) is 0 Å². The minimum absolute atomic E-state index is 0.282. The molecule has 0 aliphatic carbocycles. The molecule has 2 aromatic carbocycles. The van der Waals surface area contributed by atoms with E-state index >= 15 is 0 Å². The van der Waals surface area contributed by atoms with Crippen molar-refractivity contribution in [2.75, 3.05) is 13.7 Å². The molecule has 0 saturated heterocycles. The summed E-state index contributed by atoms with van der Waals surface area (Å²) in [5.74, 6) is -0.420. The third-order valence-corrected chi connectivity index (χ3v) is 4.55. The fourth-order valence-electron chi connectivity index (χ4n) is 3.06. The molecular formula is C24H31NO4. The maximum atomic E-state index is 12.6. The molecule has 0 aliphatic heterocycles. The number of hydrogen-bond acceptors (Lipinski definition) is 4. The summed E-state index contributed by atoms with van der Waals surface area (Å²) in [5.41, 5.74) is 1.54. The van der Waals surface area contributed by atoms with Gasteiger partial charge in [0.1, 0.15) is 5.60 Å². The van der Waals surface area contributed by atoms with Crippen molar-refractivity contribution in [3.05, 3.63) is 59.3 Å². The number of carbonyl (C=O) groups excluding carboxylic acids is 2.